The monoisotopic (exact) mass is 301 g/mol. The third-order valence-electron chi connectivity index (χ3n) is 2.99. The van der Waals surface area contributed by atoms with Gasteiger partial charge >= 0.3 is 0 Å². The Kier molecular flexibility index (Phi) is 8.01. The SMILES string of the molecule is C[C@H](SCc1ccccc1)C(=O)N(CCC#N)CCC#N. The molecule has 0 fully saturated rings. The van der Waals surface area contributed by atoms with Crippen molar-refractivity contribution in [2.24, 2.45) is 0 Å². The maximum Gasteiger partial charge on any atom is 0.235 e. The number of nitrogens with zero attached hydrogens (tertiary/aromatic N) is 3. The van der Waals surface area contributed by atoms with E-state index in [1.54, 1.807) is 16.7 Å². The second-order valence-electron chi connectivity index (χ2n) is 4.58. The van der Waals surface area contributed by atoms with Crippen molar-refractivity contribution in [2.75, 3.05) is 13.1 Å². The van der Waals surface area contributed by atoms with Crippen LogP contribution in [0.2, 0.25) is 0 Å². The standard InChI is InChI=1S/C16H19N3OS/c1-14(21-13-15-7-3-2-4-8-15)16(20)19(11-5-9-17)12-6-10-18/h2-4,7-8,14H,5-6,11-13H2,1H3/t14-/m0/s1. The van der Waals surface area contributed by atoms with Crippen molar-refractivity contribution in [3.05, 3.63) is 35.9 Å². The summed E-state index contributed by atoms with van der Waals surface area (Å²) >= 11 is 1.58. The summed E-state index contributed by atoms with van der Waals surface area (Å²) in [6.45, 7) is 2.67. The fraction of sp³-hybridized carbons (Fsp3) is 0.438. The fourth-order valence-electron chi connectivity index (χ4n) is 1.83. The number of carbonyl (C=O) groups is 1. The highest BCUT2D eigenvalue weighted by atomic mass is 32.2. The summed E-state index contributed by atoms with van der Waals surface area (Å²) < 4.78 is 0. The maximum absolute atomic E-state index is 12.4. The minimum Gasteiger partial charge on any atom is -0.340 e. The predicted octanol–water partition coefficient (Wildman–Crippen LogP) is 2.96. The lowest BCUT2D eigenvalue weighted by atomic mass is 10.2. The molecule has 1 amide bonds. The Bertz CT molecular complexity index is 501. The van der Waals surface area contributed by atoms with Crippen molar-refractivity contribution < 1.29 is 4.79 Å². The molecular formula is C16H19N3OS. The van der Waals surface area contributed by atoms with Crippen molar-refractivity contribution in [2.45, 2.75) is 30.8 Å². The molecule has 1 aromatic carbocycles. The number of benzene rings is 1. The van der Waals surface area contributed by atoms with E-state index in [0.29, 0.717) is 25.9 Å². The van der Waals surface area contributed by atoms with Gasteiger partial charge in [0.2, 0.25) is 5.91 Å². The number of hydrogen-bond acceptors (Lipinski definition) is 4. The van der Waals surface area contributed by atoms with Crippen LogP contribution in [0, 0.1) is 22.7 Å². The zero-order chi connectivity index (χ0) is 15.5. The molecule has 0 unspecified atom stereocenters. The first-order valence-electron chi connectivity index (χ1n) is 6.87. The van der Waals surface area contributed by atoms with Gasteiger partial charge in [-0.15, -0.1) is 11.8 Å². The summed E-state index contributed by atoms with van der Waals surface area (Å²) in [5, 5.41) is 17.1. The van der Waals surface area contributed by atoms with Crippen LogP contribution >= 0.6 is 11.8 Å². The predicted molar refractivity (Wildman–Crippen MR) is 84.2 cm³/mol. The molecule has 0 aliphatic heterocycles. The van der Waals surface area contributed by atoms with Gasteiger partial charge in [0.25, 0.3) is 0 Å². The van der Waals surface area contributed by atoms with Gasteiger partial charge in [-0.05, 0) is 12.5 Å². The molecule has 5 heteroatoms. The molecule has 0 heterocycles. The third kappa shape index (κ3) is 6.33. The highest BCUT2D eigenvalue weighted by molar-refractivity contribution is 7.99. The highest BCUT2D eigenvalue weighted by Gasteiger charge is 2.20. The second kappa shape index (κ2) is 9.85. The van der Waals surface area contributed by atoms with E-state index in [1.807, 2.05) is 49.4 Å². The molecule has 0 saturated carbocycles. The Morgan fingerprint density at radius 2 is 1.76 bits per heavy atom. The summed E-state index contributed by atoms with van der Waals surface area (Å²) in [4.78, 5) is 14.0. The molecule has 0 aliphatic carbocycles. The zero-order valence-corrected chi connectivity index (χ0v) is 13.0. The number of rotatable bonds is 8. The molecule has 0 bridgehead atoms. The molecule has 4 nitrogen and oxygen atoms in total. The lowest BCUT2D eigenvalue weighted by molar-refractivity contribution is -0.130. The Labute approximate surface area is 130 Å². The smallest absolute Gasteiger partial charge is 0.235 e. The number of hydrogen-bond donors (Lipinski definition) is 0. The van der Waals surface area contributed by atoms with E-state index in [2.05, 4.69) is 0 Å². The van der Waals surface area contributed by atoms with E-state index in [9.17, 15) is 4.79 Å². The van der Waals surface area contributed by atoms with Crippen molar-refractivity contribution >= 4 is 17.7 Å². The molecule has 0 saturated heterocycles. The normalized spacial score (nSPS) is 11.2. The number of thioether (sulfide) groups is 1. The first kappa shape index (κ1) is 17.1. The minimum atomic E-state index is -0.178. The van der Waals surface area contributed by atoms with Gasteiger partial charge in [-0.1, -0.05) is 30.3 Å². The molecule has 1 aromatic rings. The largest absolute Gasteiger partial charge is 0.340 e. The van der Waals surface area contributed by atoms with Crippen LogP contribution in [0.1, 0.15) is 25.3 Å². The molecule has 1 atom stereocenters. The van der Waals surface area contributed by atoms with Gasteiger partial charge in [0, 0.05) is 18.8 Å². The molecule has 0 spiro atoms. The first-order valence-corrected chi connectivity index (χ1v) is 7.92. The fourth-order valence-corrected chi connectivity index (χ4v) is 2.75. The van der Waals surface area contributed by atoms with Gasteiger partial charge in [0.1, 0.15) is 0 Å². The lowest BCUT2D eigenvalue weighted by Gasteiger charge is -2.23. The van der Waals surface area contributed by atoms with Crippen LogP contribution < -0.4 is 0 Å². The van der Waals surface area contributed by atoms with Gasteiger partial charge in [-0.25, -0.2) is 0 Å². The average Bonchev–Trinajstić information content (AvgIpc) is 2.53. The minimum absolute atomic E-state index is 0.00133. The summed E-state index contributed by atoms with van der Waals surface area (Å²) in [5.74, 6) is 0.777. The molecule has 0 radical (unpaired) electrons. The van der Waals surface area contributed by atoms with E-state index in [1.165, 1.54) is 5.56 Å². The summed E-state index contributed by atoms with van der Waals surface area (Å²) in [7, 11) is 0. The van der Waals surface area contributed by atoms with Crippen molar-refractivity contribution in [3.63, 3.8) is 0 Å². The molecule has 1 rings (SSSR count). The van der Waals surface area contributed by atoms with Crippen LogP contribution in [0.25, 0.3) is 0 Å². The Morgan fingerprint density at radius 3 is 2.29 bits per heavy atom. The van der Waals surface area contributed by atoms with E-state index in [4.69, 9.17) is 10.5 Å². The van der Waals surface area contributed by atoms with E-state index < -0.39 is 0 Å². The van der Waals surface area contributed by atoms with Gasteiger partial charge in [-0.3, -0.25) is 4.79 Å². The highest BCUT2D eigenvalue weighted by Crippen LogP contribution is 2.19. The Hall–Kier alpha value is -1.98. The third-order valence-corrected chi connectivity index (χ3v) is 4.19. The molecule has 0 aromatic heterocycles. The van der Waals surface area contributed by atoms with E-state index in [0.717, 1.165) is 5.75 Å². The van der Waals surface area contributed by atoms with E-state index >= 15 is 0 Å². The lowest BCUT2D eigenvalue weighted by Crippen LogP contribution is -2.38. The van der Waals surface area contributed by atoms with E-state index in [-0.39, 0.29) is 11.2 Å². The van der Waals surface area contributed by atoms with Gasteiger partial charge < -0.3 is 4.90 Å². The Balaban J connectivity index is 2.52. The molecule has 0 N–H and O–H groups in total. The van der Waals surface area contributed by atoms with Gasteiger partial charge in [0.15, 0.2) is 0 Å². The van der Waals surface area contributed by atoms with Gasteiger partial charge in [0.05, 0.1) is 30.2 Å². The topological polar surface area (TPSA) is 67.9 Å². The molecule has 110 valence electrons. The van der Waals surface area contributed by atoms with Crippen LogP contribution in [0.15, 0.2) is 30.3 Å². The maximum atomic E-state index is 12.4. The van der Waals surface area contributed by atoms with Crippen molar-refractivity contribution in [1.29, 1.82) is 10.5 Å². The first-order chi connectivity index (χ1) is 10.2. The number of amides is 1. The number of nitriles is 2. The Morgan fingerprint density at radius 1 is 1.19 bits per heavy atom. The summed E-state index contributed by atoms with van der Waals surface area (Å²) in [6, 6.07) is 14.1. The van der Waals surface area contributed by atoms with Gasteiger partial charge in [-0.2, -0.15) is 10.5 Å². The van der Waals surface area contributed by atoms with Crippen LogP contribution in [0.5, 0.6) is 0 Å². The van der Waals surface area contributed by atoms with Crippen LogP contribution in [-0.2, 0) is 10.5 Å². The second-order valence-corrected chi connectivity index (χ2v) is 5.91. The molecule has 0 aliphatic rings. The zero-order valence-electron chi connectivity index (χ0n) is 12.2. The van der Waals surface area contributed by atoms with Crippen LogP contribution in [0.3, 0.4) is 0 Å². The van der Waals surface area contributed by atoms with Crippen molar-refractivity contribution in [1.82, 2.24) is 4.90 Å². The van der Waals surface area contributed by atoms with Crippen LogP contribution in [0.4, 0.5) is 0 Å². The van der Waals surface area contributed by atoms with Crippen molar-refractivity contribution in [3.8, 4) is 12.1 Å². The average molecular weight is 301 g/mol. The quantitative estimate of drug-likeness (QED) is 0.740. The molecule has 21 heavy (non-hydrogen) atoms. The van der Waals surface area contributed by atoms with Crippen LogP contribution in [-0.4, -0.2) is 29.1 Å². The summed E-state index contributed by atoms with van der Waals surface area (Å²) in [6.07, 6.45) is 0.598. The summed E-state index contributed by atoms with van der Waals surface area (Å²) in [5.41, 5.74) is 1.18. The number of carbonyl (C=O) groups excluding carboxylic acids is 1. The molecular weight excluding hydrogens is 282 g/mol.